The van der Waals surface area contributed by atoms with Crippen LogP contribution in [0, 0.1) is 11.8 Å². The minimum Gasteiger partial charge on any atom is -0.166 e. The summed E-state index contributed by atoms with van der Waals surface area (Å²) in [4.78, 5) is 0. The van der Waals surface area contributed by atoms with E-state index in [9.17, 15) is 13.2 Å². The number of halogens is 3. The van der Waals surface area contributed by atoms with Crippen LogP contribution in [0.2, 0.25) is 0 Å². The van der Waals surface area contributed by atoms with Gasteiger partial charge in [-0.1, -0.05) is 36.4 Å². The van der Waals surface area contributed by atoms with Crippen molar-refractivity contribution in [1.82, 2.24) is 0 Å². The van der Waals surface area contributed by atoms with Crippen LogP contribution in [-0.4, -0.2) is 6.18 Å². The van der Waals surface area contributed by atoms with Gasteiger partial charge in [-0.25, -0.2) is 0 Å². The standard InChI is InChI=1S/C16H17F3/c1-2-3-4-5-6-10-13-15(16(17,18)19)14-11-8-7-9-12-14/h7-9,11-13H,4-6,10H2,1H3/b15-13-. The molecule has 0 saturated carbocycles. The molecule has 0 aliphatic carbocycles. The van der Waals surface area contributed by atoms with Crippen LogP contribution in [0.25, 0.3) is 5.57 Å². The van der Waals surface area contributed by atoms with Crippen molar-refractivity contribution in [2.24, 2.45) is 0 Å². The predicted molar refractivity (Wildman–Crippen MR) is 72.4 cm³/mol. The van der Waals surface area contributed by atoms with E-state index in [4.69, 9.17) is 0 Å². The second-order valence-electron chi connectivity index (χ2n) is 4.15. The number of benzene rings is 1. The van der Waals surface area contributed by atoms with Crippen LogP contribution >= 0.6 is 0 Å². The molecule has 0 radical (unpaired) electrons. The van der Waals surface area contributed by atoms with Gasteiger partial charge in [0, 0.05) is 6.42 Å². The first-order valence-corrected chi connectivity index (χ1v) is 6.28. The lowest BCUT2D eigenvalue weighted by molar-refractivity contribution is -0.0690. The first kappa shape index (κ1) is 15.4. The smallest absolute Gasteiger partial charge is 0.166 e. The summed E-state index contributed by atoms with van der Waals surface area (Å²) in [5.41, 5.74) is -0.321. The van der Waals surface area contributed by atoms with Crippen molar-refractivity contribution < 1.29 is 13.2 Å². The monoisotopic (exact) mass is 266 g/mol. The molecule has 0 amide bonds. The summed E-state index contributed by atoms with van der Waals surface area (Å²) < 4.78 is 38.8. The lowest BCUT2D eigenvalue weighted by Crippen LogP contribution is -2.10. The van der Waals surface area contributed by atoms with E-state index in [0.29, 0.717) is 6.42 Å². The van der Waals surface area contributed by atoms with Gasteiger partial charge >= 0.3 is 6.18 Å². The molecule has 102 valence electrons. The van der Waals surface area contributed by atoms with Crippen molar-refractivity contribution in [1.29, 1.82) is 0 Å². The molecule has 0 unspecified atom stereocenters. The van der Waals surface area contributed by atoms with Crippen LogP contribution in [0.3, 0.4) is 0 Å². The Hall–Kier alpha value is -1.69. The van der Waals surface area contributed by atoms with Gasteiger partial charge in [-0.05, 0) is 31.7 Å². The van der Waals surface area contributed by atoms with Gasteiger partial charge in [0.15, 0.2) is 0 Å². The highest BCUT2D eigenvalue weighted by Crippen LogP contribution is 2.34. The number of unbranched alkanes of at least 4 members (excludes halogenated alkanes) is 3. The van der Waals surface area contributed by atoms with E-state index in [1.54, 1.807) is 25.1 Å². The fourth-order valence-corrected chi connectivity index (χ4v) is 1.74. The largest absolute Gasteiger partial charge is 0.416 e. The Morgan fingerprint density at radius 1 is 1.16 bits per heavy atom. The number of rotatable bonds is 5. The van der Waals surface area contributed by atoms with Gasteiger partial charge in [0.1, 0.15) is 0 Å². The van der Waals surface area contributed by atoms with Gasteiger partial charge in [0.2, 0.25) is 0 Å². The summed E-state index contributed by atoms with van der Waals surface area (Å²) in [6.07, 6.45) is -0.288. The zero-order valence-electron chi connectivity index (χ0n) is 10.9. The summed E-state index contributed by atoms with van der Waals surface area (Å²) in [5, 5.41) is 0. The summed E-state index contributed by atoms with van der Waals surface area (Å²) in [7, 11) is 0. The zero-order valence-corrected chi connectivity index (χ0v) is 10.9. The molecule has 1 rings (SSSR count). The molecule has 0 spiro atoms. The van der Waals surface area contributed by atoms with Crippen LogP contribution < -0.4 is 0 Å². The molecular formula is C16H17F3. The fourth-order valence-electron chi connectivity index (χ4n) is 1.74. The van der Waals surface area contributed by atoms with Crippen molar-refractivity contribution in [3.05, 3.63) is 42.0 Å². The molecule has 0 atom stereocenters. The summed E-state index contributed by atoms with van der Waals surface area (Å²) in [6.45, 7) is 1.76. The second-order valence-corrected chi connectivity index (χ2v) is 4.15. The maximum absolute atomic E-state index is 12.9. The van der Waals surface area contributed by atoms with Gasteiger partial charge in [-0.2, -0.15) is 13.2 Å². The number of allylic oxidation sites excluding steroid dienone is 2. The first-order valence-electron chi connectivity index (χ1n) is 6.28. The molecule has 19 heavy (non-hydrogen) atoms. The van der Waals surface area contributed by atoms with E-state index in [1.807, 2.05) is 0 Å². The van der Waals surface area contributed by atoms with Crippen molar-refractivity contribution in [3.63, 3.8) is 0 Å². The molecule has 1 aromatic rings. The highest BCUT2D eigenvalue weighted by atomic mass is 19.4. The normalized spacial score (nSPS) is 11.9. The molecule has 0 aliphatic rings. The molecular weight excluding hydrogens is 249 g/mol. The van der Waals surface area contributed by atoms with E-state index >= 15 is 0 Å². The van der Waals surface area contributed by atoms with Crippen molar-refractivity contribution in [3.8, 4) is 11.8 Å². The highest BCUT2D eigenvalue weighted by molar-refractivity contribution is 5.69. The maximum atomic E-state index is 12.9. The van der Waals surface area contributed by atoms with E-state index in [2.05, 4.69) is 11.8 Å². The number of alkyl halides is 3. The van der Waals surface area contributed by atoms with Gasteiger partial charge in [-0.3, -0.25) is 0 Å². The van der Waals surface area contributed by atoms with E-state index < -0.39 is 11.7 Å². The minimum absolute atomic E-state index is 0.225. The highest BCUT2D eigenvalue weighted by Gasteiger charge is 2.33. The van der Waals surface area contributed by atoms with Crippen molar-refractivity contribution >= 4 is 5.57 Å². The minimum atomic E-state index is -4.30. The Labute approximate surface area is 112 Å². The number of hydrogen-bond acceptors (Lipinski definition) is 0. The quantitative estimate of drug-likeness (QED) is 0.506. The molecule has 0 heterocycles. The maximum Gasteiger partial charge on any atom is 0.416 e. The summed E-state index contributed by atoms with van der Waals surface area (Å²) >= 11 is 0. The lowest BCUT2D eigenvalue weighted by Gasteiger charge is -2.12. The van der Waals surface area contributed by atoms with Crippen molar-refractivity contribution in [2.75, 3.05) is 0 Å². The molecule has 3 heteroatoms. The molecule has 0 N–H and O–H groups in total. The zero-order chi connectivity index (χ0) is 14.1. The van der Waals surface area contributed by atoms with E-state index in [1.165, 1.54) is 18.2 Å². The van der Waals surface area contributed by atoms with Gasteiger partial charge in [0.25, 0.3) is 0 Å². The Morgan fingerprint density at radius 3 is 2.42 bits per heavy atom. The Balaban J connectivity index is 2.67. The predicted octanol–water partition coefficient (Wildman–Crippen LogP) is 5.22. The van der Waals surface area contributed by atoms with Crippen LogP contribution in [0.15, 0.2) is 36.4 Å². The first-order chi connectivity index (χ1) is 9.05. The number of hydrogen-bond donors (Lipinski definition) is 0. The average Bonchev–Trinajstić information content (AvgIpc) is 2.37. The fraction of sp³-hybridized carbons (Fsp3) is 0.375. The van der Waals surface area contributed by atoms with Gasteiger partial charge in [0.05, 0.1) is 5.57 Å². The Bertz CT molecular complexity index is 458. The molecule has 0 bridgehead atoms. The lowest BCUT2D eigenvalue weighted by atomic mass is 10.0. The van der Waals surface area contributed by atoms with Crippen LogP contribution in [0.4, 0.5) is 13.2 Å². The van der Waals surface area contributed by atoms with Crippen LogP contribution in [0.1, 0.15) is 38.2 Å². The SMILES string of the molecule is CC#CCCCC/C=C(/c1ccccc1)C(F)(F)F. The Kier molecular flexibility index (Phi) is 6.21. The molecule has 0 fully saturated rings. The topological polar surface area (TPSA) is 0 Å². The average molecular weight is 266 g/mol. The van der Waals surface area contributed by atoms with Gasteiger partial charge < -0.3 is 0 Å². The Morgan fingerprint density at radius 2 is 1.84 bits per heavy atom. The summed E-state index contributed by atoms with van der Waals surface area (Å²) in [6, 6.07) is 7.92. The van der Waals surface area contributed by atoms with Crippen LogP contribution in [-0.2, 0) is 0 Å². The van der Waals surface area contributed by atoms with Crippen LogP contribution in [0.5, 0.6) is 0 Å². The molecule has 0 saturated heterocycles. The van der Waals surface area contributed by atoms with Crippen molar-refractivity contribution in [2.45, 2.75) is 38.8 Å². The second kappa shape index (κ2) is 7.68. The third kappa shape index (κ3) is 5.65. The molecule has 1 aromatic carbocycles. The van der Waals surface area contributed by atoms with E-state index in [0.717, 1.165) is 19.3 Å². The molecule has 0 aliphatic heterocycles. The third-order valence-corrected chi connectivity index (χ3v) is 2.67. The van der Waals surface area contributed by atoms with Gasteiger partial charge in [-0.15, -0.1) is 11.8 Å². The molecule has 0 aromatic heterocycles. The molecule has 0 nitrogen and oxygen atoms in total. The third-order valence-electron chi connectivity index (χ3n) is 2.67. The van der Waals surface area contributed by atoms with E-state index in [-0.39, 0.29) is 5.56 Å². The summed E-state index contributed by atoms with van der Waals surface area (Å²) in [5.74, 6) is 5.68.